The number of hydrogen-bond acceptors (Lipinski definition) is 3. The van der Waals surface area contributed by atoms with Crippen LogP contribution in [0.3, 0.4) is 0 Å². The van der Waals surface area contributed by atoms with Crippen molar-refractivity contribution < 1.29 is 4.42 Å². The number of halogens is 1. The van der Waals surface area contributed by atoms with E-state index in [1.54, 1.807) is 6.26 Å². The Morgan fingerprint density at radius 3 is 2.10 bits per heavy atom. The molecule has 0 radical (unpaired) electrons. The van der Waals surface area contributed by atoms with Crippen LogP contribution in [0.25, 0.3) is 0 Å². The lowest BCUT2D eigenvalue weighted by Gasteiger charge is -2.14. The number of hydrogen-bond donors (Lipinski definition) is 2. The van der Waals surface area contributed by atoms with Gasteiger partial charge >= 0.3 is 0 Å². The average Bonchev–Trinajstić information content (AvgIpc) is 2.91. The molecule has 0 aliphatic carbocycles. The molecule has 0 amide bonds. The van der Waals surface area contributed by atoms with Crippen molar-refractivity contribution in [2.24, 2.45) is 5.84 Å². The zero-order valence-corrected chi connectivity index (χ0v) is 15.0. The van der Waals surface area contributed by atoms with Gasteiger partial charge in [0.2, 0.25) is 0 Å². The molecule has 1 rings (SSSR count). The third kappa shape index (κ3) is 8.03. The summed E-state index contributed by atoms with van der Waals surface area (Å²) in [6, 6.07) is 2.16. The standard InChI is InChI=1S/C17H31BrN2O/c1-2-3-4-5-6-7-8-9-10-11-12-16(20-19)15-13-14-21-17(15)18/h13-14,16,20H,2-12,19H2,1H3. The Labute approximate surface area is 138 Å². The van der Waals surface area contributed by atoms with Gasteiger partial charge in [-0.2, -0.15) is 0 Å². The summed E-state index contributed by atoms with van der Waals surface area (Å²) in [5.74, 6) is 5.64. The molecule has 1 aromatic rings. The van der Waals surface area contributed by atoms with Crippen LogP contribution in [0.4, 0.5) is 0 Å². The van der Waals surface area contributed by atoms with E-state index in [9.17, 15) is 0 Å². The molecule has 0 bridgehead atoms. The van der Waals surface area contributed by atoms with Gasteiger partial charge in [0, 0.05) is 5.56 Å². The molecular weight excluding hydrogens is 328 g/mol. The van der Waals surface area contributed by atoms with Gasteiger partial charge in [0.1, 0.15) is 0 Å². The number of furan rings is 1. The van der Waals surface area contributed by atoms with E-state index < -0.39 is 0 Å². The Balaban J connectivity index is 1.99. The Hall–Kier alpha value is -0.320. The number of rotatable bonds is 13. The van der Waals surface area contributed by atoms with Crippen LogP contribution in [0, 0.1) is 0 Å². The largest absolute Gasteiger partial charge is 0.457 e. The van der Waals surface area contributed by atoms with Crippen molar-refractivity contribution >= 4 is 15.9 Å². The van der Waals surface area contributed by atoms with E-state index in [1.165, 1.54) is 64.2 Å². The highest BCUT2D eigenvalue weighted by atomic mass is 79.9. The molecule has 1 unspecified atom stereocenters. The first-order valence-electron chi connectivity index (χ1n) is 8.48. The molecule has 3 N–H and O–H groups in total. The molecule has 0 aliphatic heterocycles. The fourth-order valence-corrected chi connectivity index (χ4v) is 3.23. The summed E-state index contributed by atoms with van der Waals surface area (Å²) in [5, 5.41) is 0. The molecule has 3 nitrogen and oxygen atoms in total. The second kappa shape index (κ2) is 12.2. The summed E-state index contributed by atoms with van der Waals surface area (Å²) in [6.45, 7) is 2.27. The first kappa shape index (κ1) is 18.7. The molecule has 21 heavy (non-hydrogen) atoms. The molecule has 0 aromatic carbocycles. The molecule has 1 heterocycles. The number of nitrogens with one attached hydrogen (secondary N) is 1. The van der Waals surface area contributed by atoms with E-state index in [-0.39, 0.29) is 6.04 Å². The van der Waals surface area contributed by atoms with E-state index in [1.807, 2.05) is 6.07 Å². The number of unbranched alkanes of at least 4 members (excludes halogenated alkanes) is 9. The SMILES string of the molecule is CCCCCCCCCCCCC(NN)c1ccoc1Br. The lowest BCUT2D eigenvalue weighted by atomic mass is 10.0. The van der Waals surface area contributed by atoms with Crippen LogP contribution in [-0.2, 0) is 0 Å². The molecule has 0 spiro atoms. The zero-order chi connectivity index (χ0) is 15.3. The van der Waals surface area contributed by atoms with Crippen molar-refractivity contribution in [3.05, 3.63) is 22.6 Å². The maximum Gasteiger partial charge on any atom is 0.173 e. The Morgan fingerprint density at radius 1 is 1.05 bits per heavy atom. The van der Waals surface area contributed by atoms with Crippen LogP contribution in [0.2, 0.25) is 0 Å². The van der Waals surface area contributed by atoms with Gasteiger partial charge in [-0.15, -0.1) is 0 Å². The normalized spacial score (nSPS) is 12.7. The van der Waals surface area contributed by atoms with Crippen molar-refractivity contribution in [2.75, 3.05) is 0 Å². The zero-order valence-electron chi connectivity index (χ0n) is 13.4. The van der Waals surface area contributed by atoms with Crippen LogP contribution in [0.1, 0.15) is 89.2 Å². The van der Waals surface area contributed by atoms with Crippen molar-refractivity contribution in [1.82, 2.24) is 5.43 Å². The summed E-state index contributed by atoms with van der Waals surface area (Å²) < 4.78 is 6.06. The average molecular weight is 359 g/mol. The van der Waals surface area contributed by atoms with Crippen LogP contribution < -0.4 is 11.3 Å². The fourth-order valence-electron chi connectivity index (χ4n) is 2.72. The Morgan fingerprint density at radius 2 is 1.62 bits per heavy atom. The van der Waals surface area contributed by atoms with E-state index in [4.69, 9.17) is 10.3 Å². The van der Waals surface area contributed by atoms with Crippen molar-refractivity contribution in [2.45, 2.75) is 83.6 Å². The second-order valence-electron chi connectivity index (χ2n) is 5.84. The predicted molar refractivity (Wildman–Crippen MR) is 92.9 cm³/mol. The van der Waals surface area contributed by atoms with E-state index in [0.717, 1.165) is 16.7 Å². The molecule has 1 atom stereocenters. The fraction of sp³-hybridized carbons (Fsp3) is 0.765. The van der Waals surface area contributed by atoms with Crippen molar-refractivity contribution in [3.63, 3.8) is 0 Å². The molecule has 0 saturated heterocycles. The Kier molecular flexibility index (Phi) is 10.9. The van der Waals surface area contributed by atoms with E-state index in [0.29, 0.717) is 0 Å². The molecular formula is C17H31BrN2O. The molecule has 1 aromatic heterocycles. The topological polar surface area (TPSA) is 51.2 Å². The van der Waals surface area contributed by atoms with Crippen LogP contribution in [-0.4, -0.2) is 0 Å². The van der Waals surface area contributed by atoms with Gasteiger partial charge < -0.3 is 4.42 Å². The second-order valence-corrected chi connectivity index (χ2v) is 6.56. The molecule has 0 saturated carbocycles. The quantitative estimate of drug-likeness (QED) is 0.264. The van der Waals surface area contributed by atoms with Crippen LogP contribution >= 0.6 is 15.9 Å². The molecule has 122 valence electrons. The third-order valence-electron chi connectivity index (χ3n) is 4.07. The highest BCUT2D eigenvalue weighted by molar-refractivity contribution is 9.10. The monoisotopic (exact) mass is 358 g/mol. The maximum atomic E-state index is 5.64. The molecule has 0 aliphatic rings. The first-order chi connectivity index (χ1) is 10.3. The Bertz CT molecular complexity index is 354. The minimum Gasteiger partial charge on any atom is -0.457 e. The highest BCUT2D eigenvalue weighted by Gasteiger charge is 2.14. The lowest BCUT2D eigenvalue weighted by Crippen LogP contribution is -2.27. The predicted octanol–water partition coefficient (Wildman–Crippen LogP) is 5.86. The van der Waals surface area contributed by atoms with Gasteiger partial charge in [0.05, 0.1) is 12.3 Å². The third-order valence-corrected chi connectivity index (χ3v) is 4.71. The highest BCUT2D eigenvalue weighted by Crippen LogP contribution is 2.27. The van der Waals surface area contributed by atoms with E-state index >= 15 is 0 Å². The maximum absolute atomic E-state index is 5.64. The smallest absolute Gasteiger partial charge is 0.173 e. The van der Waals surface area contributed by atoms with Gasteiger partial charge in [-0.05, 0) is 28.4 Å². The van der Waals surface area contributed by atoms with Gasteiger partial charge in [-0.25, -0.2) is 0 Å². The minimum absolute atomic E-state index is 0.187. The minimum atomic E-state index is 0.187. The summed E-state index contributed by atoms with van der Waals surface area (Å²) >= 11 is 3.41. The van der Waals surface area contributed by atoms with Gasteiger partial charge in [-0.1, -0.05) is 71.1 Å². The first-order valence-corrected chi connectivity index (χ1v) is 9.28. The van der Waals surface area contributed by atoms with Crippen LogP contribution in [0.5, 0.6) is 0 Å². The number of nitrogens with two attached hydrogens (primary N) is 1. The van der Waals surface area contributed by atoms with Crippen LogP contribution in [0.15, 0.2) is 21.4 Å². The van der Waals surface area contributed by atoms with Crippen molar-refractivity contribution in [3.8, 4) is 0 Å². The van der Waals surface area contributed by atoms with Gasteiger partial charge in [0.25, 0.3) is 0 Å². The number of hydrazine groups is 1. The van der Waals surface area contributed by atoms with Gasteiger partial charge in [-0.3, -0.25) is 11.3 Å². The lowest BCUT2D eigenvalue weighted by molar-refractivity contribution is 0.461. The van der Waals surface area contributed by atoms with Gasteiger partial charge in [0.15, 0.2) is 4.67 Å². The summed E-state index contributed by atoms with van der Waals surface area (Å²) in [5.41, 5.74) is 4.00. The molecule has 0 fully saturated rings. The summed E-state index contributed by atoms with van der Waals surface area (Å²) in [6.07, 6.45) is 16.4. The van der Waals surface area contributed by atoms with E-state index in [2.05, 4.69) is 28.3 Å². The molecule has 4 heteroatoms. The van der Waals surface area contributed by atoms with Crippen molar-refractivity contribution in [1.29, 1.82) is 0 Å². The summed E-state index contributed by atoms with van der Waals surface area (Å²) in [7, 11) is 0. The summed E-state index contributed by atoms with van der Waals surface area (Å²) in [4.78, 5) is 0.